The van der Waals surface area contributed by atoms with Crippen molar-refractivity contribution in [1.82, 2.24) is 4.90 Å². The average Bonchev–Trinajstić information content (AvgIpc) is 2.15. The number of nitrogens with zero attached hydrogens (tertiary/aromatic N) is 3. The third-order valence-electron chi connectivity index (χ3n) is 1.77. The quantitative estimate of drug-likeness (QED) is 0.483. The maximum absolute atomic E-state index is 11.2. The minimum absolute atomic E-state index is 0.0272. The molecule has 1 heterocycles. The van der Waals surface area contributed by atoms with Crippen molar-refractivity contribution in [2.45, 2.75) is 13.3 Å². The van der Waals surface area contributed by atoms with Crippen LogP contribution in [-0.4, -0.2) is 43.5 Å². The Kier molecular flexibility index (Phi) is 3.56. The molecule has 0 aromatic carbocycles. The Hall–Kier alpha value is -1.45. The van der Waals surface area contributed by atoms with Gasteiger partial charge in [0.25, 0.3) is 0 Å². The molecule has 0 atom stereocenters. The van der Waals surface area contributed by atoms with Crippen molar-refractivity contribution in [3.63, 3.8) is 0 Å². The van der Waals surface area contributed by atoms with Crippen LogP contribution >= 0.6 is 0 Å². The third-order valence-corrected chi connectivity index (χ3v) is 1.77. The van der Waals surface area contributed by atoms with Crippen LogP contribution in [0.25, 0.3) is 0 Å². The van der Waals surface area contributed by atoms with Crippen molar-refractivity contribution >= 4 is 18.0 Å². The molecule has 0 amide bonds. The fraction of sp³-hybridized carbons (Fsp3) is 0.500. The van der Waals surface area contributed by atoms with Crippen LogP contribution in [0.5, 0.6) is 0 Å². The predicted molar refractivity (Wildman–Crippen MR) is 57.9 cm³/mol. The number of dihydropyridines is 1. The van der Waals surface area contributed by atoms with E-state index in [9.17, 15) is 4.79 Å². The Bertz CT molecular complexity index is 313. The smallest absolute Gasteiger partial charge is 0.163 e. The zero-order chi connectivity index (χ0) is 10.6. The van der Waals surface area contributed by atoms with E-state index in [2.05, 4.69) is 9.98 Å². The Balaban J connectivity index is 2.81. The molecule has 0 aromatic heterocycles. The first-order valence-electron chi connectivity index (χ1n) is 4.58. The molecule has 0 saturated heterocycles. The van der Waals surface area contributed by atoms with Crippen LogP contribution < -0.4 is 0 Å². The van der Waals surface area contributed by atoms with E-state index in [4.69, 9.17) is 0 Å². The summed E-state index contributed by atoms with van der Waals surface area (Å²) in [6.07, 6.45) is 4.38. The molecule has 76 valence electrons. The van der Waals surface area contributed by atoms with E-state index in [0.29, 0.717) is 11.4 Å². The molecule has 4 nitrogen and oxygen atoms in total. The number of hydrogen-bond donors (Lipinski definition) is 0. The van der Waals surface area contributed by atoms with Crippen molar-refractivity contribution in [3.8, 4) is 0 Å². The molecule has 0 unspecified atom stereocenters. The summed E-state index contributed by atoms with van der Waals surface area (Å²) in [5, 5.41) is 0. The summed E-state index contributed by atoms with van der Waals surface area (Å²) in [5.74, 6) is 0.580. The van der Waals surface area contributed by atoms with E-state index in [1.807, 2.05) is 25.1 Å². The van der Waals surface area contributed by atoms with Crippen LogP contribution in [0.4, 0.5) is 0 Å². The highest BCUT2D eigenvalue weighted by atomic mass is 16.1. The number of Topliss-reactive ketones (excluding diaryl/α,β-unsaturated/α-hetero) is 1. The van der Waals surface area contributed by atoms with E-state index >= 15 is 0 Å². The lowest BCUT2D eigenvalue weighted by atomic mass is 10.1. The summed E-state index contributed by atoms with van der Waals surface area (Å²) in [6, 6.07) is 0. The van der Waals surface area contributed by atoms with Gasteiger partial charge in [0.1, 0.15) is 0 Å². The van der Waals surface area contributed by atoms with Gasteiger partial charge in [0, 0.05) is 20.6 Å². The third kappa shape index (κ3) is 2.80. The van der Waals surface area contributed by atoms with Crippen molar-refractivity contribution < 1.29 is 4.79 Å². The fourth-order valence-corrected chi connectivity index (χ4v) is 1.14. The van der Waals surface area contributed by atoms with Crippen LogP contribution in [0, 0.1) is 0 Å². The Morgan fingerprint density at radius 1 is 1.64 bits per heavy atom. The highest BCUT2D eigenvalue weighted by molar-refractivity contribution is 6.22. The summed E-state index contributed by atoms with van der Waals surface area (Å²) in [7, 11) is 3.76. The maximum atomic E-state index is 11.2. The lowest BCUT2D eigenvalue weighted by molar-refractivity contribution is -0.113. The second kappa shape index (κ2) is 4.69. The minimum Gasteiger partial charge on any atom is -0.369 e. The van der Waals surface area contributed by atoms with Crippen LogP contribution in [0.3, 0.4) is 0 Å². The molecule has 1 aliphatic rings. The summed E-state index contributed by atoms with van der Waals surface area (Å²) in [4.78, 5) is 21.4. The number of ketones is 1. The van der Waals surface area contributed by atoms with Crippen molar-refractivity contribution in [3.05, 3.63) is 11.6 Å². The summed E-state index contributed by atoms with van der Waals surface area (Å²) in [6.45, 7) is 2.26. The molecule has 0 N–H and O–H groups in total. The molecule has 4 heteroatoms. The van der Waals surface area contributed by atoms with Crippen LogP contribution in [0.15, 0.2) is 21.6 Å². The molecule has 0 spiro atoms. The molecular formula is C10H15N3O. The zero-order valence-corrected chi connectivity index (χ0v) is 8.82. The standard InChI is InChI=1S/C10H15N3O/c1-8(14)9-5-4-6-11-10(9)12-7-13(2)3/h5,7H,4,6H2,1-3H3. The molecule has 0 bridgehead atoms. The number of carbonyl (C=O) groups excluding carboxylic acids is 1. The lowest BCUT2D eigenvalue weighted by Crippen LogP contribution is -2.15. The van der Waals surface area contributed by atoms with E-state index in [1.165, 1.54) is 6.92 Å². The number of rotatable bonds is 2. The maximum Gasteiger partial charge on any atom is 0.163 e. The van der Waals surface area contributed by atoms with Gasteiger partial charge in [0.2, 0.25) is 0 Å². The van der Waals surface area contributed by atoms with E-state index in [0.717, 1.165) is 13.0 Å². The van der Waals surface area contributed by atoms with E-state index < -0.39 is 0 Å². The van der Waals surface area contributed by atoms with Gasteiger partial charge in [-0.3, -0.25) is 9.79 Å². The predicted octanol–water partition coefficient (Wildman–Crippen LogP) is 0.894. The van der Waals surface area contributed by atoms with Gasteiger partial charge in [-0.25, -0.2) is 4.99 Å². The molecule has 1 aliphatic heterocycles. The monoisotopic (exact) mass is 193 g/mol. The van der Waals surface area contributed by atoms with Gasteiger partial charge in [0.15, 0.2) is 11.6 Å². The fourth-order valence-electron chi connectivity index (χ4n) is 1.14. The first-order chi connectivity index (χ1) is 6.61. The Morgan fingerprint density at radius 2 is 2.36 bits per heavy atom. The lowest BCUT2D eigenvalue weighted by Gasteiger charge is -2.09. The first kappa shape index (κ1) is 10.6. The highest BCUT2D eigenvalue weighted by Gasteiger charge is 2.13. The van der Waals surface area contributed by atoms with Crippen LogP contribution in [0.1, 0.15) is 13.3 Å². The van der Waals surface area contributed by atoms with Gasteiger partial charge < -0.3 is 4.90 Å². The molecule has 0 radical (unpaired) electrons. The molecule has 0 aliphatic carbocycles. The van der Waals surface area contributed by atoms with Gasteiger partial charge in [-0.2, -0.15) is 0 Å². The minimum atomic E-state index is 0.0272. The molecular weight excluding hydrogens is 178 g/mol. The van der Waals surface area contributed by atoms with Crippen molar-refractivity contribution in [1.29, 1.82) is 0 Å². The van der Waals surface area contributed by atoms with Crippen molar-refractivity contribution in [2.24, 2.45) is 9.98 Å². The number of aliphatic imine (C=N–C) groups is 2. The largest absolute Gasteiger partial charge is 0.369 e. The summed E-state index contributed by atoms with van der Waals surface area (Å²) < 4.78 is 0. The first-order valence-corrected chi connectivity index (χ1v) is 4.58. The van der Waals surface area contributed by atoms with Gasteiger partial charge in [-0.15, -0.1) is 0 Å². The molecule has 14 heavy (non-hydrogen) atoms. The zero-order valence-electron chi connectivity index (χ0n) is 8.82. The van der Waals surface area contributed by atoms with Crippen molar-refractivity contribution in [2.75, 3.05) is 20.6 Å². The normalized spacial score (nSPS) is 16.5. The molecule has 1 rings (SSSR count). The number of amidine groups is 1. The summed E-state index contributed by atoms with van der Waals surface area (Å²) in [5.41, 5.74) is 0.634. The second-order valence-corrected chi connectivity index (χ2v) is 3.38. The topological polar surface area (TPSA) is 45.0 Å². The number of carbonyl (C=O) groups is 1. The molecule has 0 saturated carbocycles. The molecule has 0 aromatic rings. The van der Waals surface area contributed by atoms with Crippen LogP contribution in [-0.2, 0) is 4.79 Å². The van der Waals surface area contributed by atoms with E-state index in [1.54, 1.807) is 6.34 Å². The second-order valence-electron chi connectivity index (χ2n) is 3.38. The highest BCUT2D eigenvalue weighted by Crippen LogP contribution is 2.09. The molecule has 0 fully saturated rings. The SMILES string of the molecule is CC(=O)C1=CCCN=C1N=CN(C)C. The van der Waals surface area contributed by atoms with E-state index in [-0.39, 0.29) is 5.78 Å². The van der Waals surface area contributed by atoms with Crippen LogP contribution in [0.2, 0.25) is 0 Å². The average molecular weight is 193 g/mol. The van der Waals surface area contributed by atoms with Gasteiger partial charge >= 0.3 is 0 Å². The number of hydrogen-bond acceptors (Lipinski definition) is 3. The Labute approximate surface area is 84.0 Å². The van der Waals surface area contributed by atoms with Gasteiger partial charge in [0.05, 0.1) is 11.9 Å². The summed E-state index contributed by atoms with van der Waals surface area (Å²) >= 11 is 0. The van der Waals surface area contributed by atoms with Gasteiger partial charge in [-0.05, 0) is 13.3 Å². The Morgan fingerprint density at radius 3 is 2.93 bits per heavy atom. The van der Waals surface area contributed by atoms with Gasteiger partial charge in [-0.1, -0.05) is 6.08 Å².